The Morgan fingerprint density at radius 2 is 1.08 bits per heavy atom. The van der Waals surface area contributed by atoms with Crippen LogP contribution in [0.2, 0.25) is 26.2 Å². The van der Waals surface area contributed by atoms with Crippen molar-refractivity contribution in [3.8, 4) is 0 Å². The molecule has 68 valence electrons. The molecule has 0 aliphatic carbocycles. The molecule has 0 rings (SSSR count). The van der Waals surface area contributed by atoms with Gasteiger partial charge in [-0.25, -0.2) is 0 Å². The van der Waals surface area contributed by atoms with Crippen LogP contribution in [0.25, 0.3) is 4.65 Å². The monoisotopic (exact) mass is 231 g/mol. The molecule has 0 aromatic heterocycles. The first-order chi connectivity index (χ1) is 4.83. The largest absolute Gasteiger partial charge is 1.00 e. The van der Waals surface area contributed by atoms with Gasteiger partial charge in [-0.1, -0.05) is 26.2 Å². The zero-order chi connectivity index (χ0) is 9.12. The summed E-state index contributed by atoms with van der Waals surface area (Å²) in [4.78, 5) is 0. The van der Waals surface area contributed by atoms with Gasteiger partial charge in [0.05, 0.1) is 17.0 Å². The Bertz CT molecular complexity index is 119. The van der Waals surface area contributed by atoms with Crippen LogP contribution in [0.15, 0.2) is 0 Å². The molecule has 0 radical (unpaired) electrons. The molecule has 0 N–H and O–H groups in total. The summed E-state index contributed by atoms with van der Waals surface area (Å²) in [7, 11) is -0.108. The van der Waals surface area contributed by atoms with E-state index in [9.17, 15) is 0 Å². The Kier molecular flexibility index (Phi) is 8.79. The smallest absolute Gasteiger partial charge is 0.622 e. The van der Waals surface area contributed by atoms with Crippen molar-refractivity contribution < 1.29 is 60.2 Å². The van der Waals surface area contributed by atoms with Gasteiger partial charge in [-0.05, 0) is 0 Å². The second-order valence-corrected chi connectivity index (χ2v) is 10.9. The van der Waals surface area contributed by atoms with E-state index in [1.807, 2.05) is 0 Å². The van der Waals surface area contributed by atoms with Gasteiger partial charge in [-0.15, -0.1) is 0 Å². The van der Waals surface area contributed by atoms with E-state index in [-0.39, 0.29) is 51.4 Å². The van der Waals surface area contributed by atoms with Crippen molar-refractivity contribution in [1.82, 2.24) is 0 Å². The van der Waals surface area contributed by atoms with Gasteiger partial charge in [0.15, 0.2) is 0 Å². The van der Waals surface area contributed by atoms with E-state index >= 15 is 0 Å². The third-order valence-corrected chi connectivity index (χ3v) is 7.84. The van der Waals surface area contributed by atoms with Crippen molar-refractivity contribution >= 4 is 17.0 Å². The fourth-order valence-electron chi connectivity index (χ4n) is 0.740. The molecule has 12 heavy (non-hydrogen) atoms. The summed E-state index contributed by atoms with van der Waals surface area (Å²) in [6.07, 6.45) is 0. The molecular weight excluding hydrogens is 213 g/mol. The quantitative estimate of drug-likeness (QED) is 0.585. The molecule has 0 aromatic rings. The Hall–Kier alpha value is 1.95. The average molecular weight is 231 g/mol. The van der Waals surface area contributed by atoms with E-state index in [4.69, 9.17) is 8.85 Å². The molecule has 0 aromatic carbocycles. The molecule has 0 spiro atoms. The minimum absolute atomic E-state index is 0. The Morgan fingerprint density at radius 1 is 0.833 bits per heavy atom. The van der Waals surface area contributed by atoms with Gasteiger partial charge >= 0.3 is 51.4 Å². The molecular formula is C6H18KNO2Si2. The molecule has 0 saturated carbocycles. The molecule has 0 saturated heterocycles. The maximum atomic E-state index is 5.30. The van der Waals surface area contributed by atoms with E-state index in [2.05, 4.69) is 30.8 Å². The first-order valence-electron chi connectivity index (χ1n) is 3.67. The third kappa shape index (κ3) is 7.36. The summed E-state index contributed by atoms with van der Waals surface area (Å²) < 4.78 is 15.2. The molecule has 0 aliphatic heterocycles. The number of hydrogen-bond acceptors (Lipinski definition) is 2. The SMILES string of the molecule is CO[Si](C)(C)[N-][Si](C)(C)OC.[K+]. The van der Waals surface area contributed by atoms with Crippen molar-refractivity contribution in [2.75, 3.05) is 14.2 Å². The summed E-state index contributed by atoms with van der Waals surface area (Å²) in [6.45, 7) is 8.28. The standard InChI is InChI=1S/C6H18NO2Si2.K/c1-8-10(3,4)7-11(5,6)9-2;/h1-6H3;/q-1;+1. The van der Waals surface area contributed by atoms with Crippen LogP contribution in [0.5, 0.6) is 0 Å². The van der Waals surface area contributed by atoms with Gasteiger partial charge in [-0.2, -0.15) is 0 Å². The van der Waals surface area contributed by atoms with Crippen molar-refractivity contribution in [3.05, 3.63) is 4.65 Å². The van der Waals surface area contributed by atoms with Crippen molar-refractivity contribution in [2.45, 2.75) is 26.2 Å². The van der Waals surface area contributed by atoms with Crippen molar-refractivity contribution in [1.29, 1.82) is 0 Å². The van der Waals surface area contributed by atoms with Crippen LogP contribution >= 0.6 is 0 Å². The molecule has 0 fully saturated rings. The third-order valence-electron chi connectivity index (χ3n) is 1.54. The van der Waals surface area contributed by atoms with Crippen LogP contribution in [-0.2, 0) is 8.85 Å². The zero-order valence-corrected chi connectivity index (χ0v) is 14.4. The molecule has 0 heterocycles. The van der Waals surface area contributed by atoms with Crippen LogP contribution in [-0.4, -0.2) is 31.2 Å². The second-order valence-electron chi connectivity index (χ2n) is 3.41. The molecule has 6 heteroatoms. The zero-order valence-electron chi connectivity index (χ0n) is 9.26. The summed E-state index contributed by atoms with van der Waals surface area (Å²) >= 11 is 0. The summed E-state index contributed by atoms with van der Waals surface area (Å²) in [5.41, 5.74) is 0. The predicted octanol–water partition coefficient (Wildman–Crippen LogP) is -0.939. The van der Waals surface area contributed by atoms with E-state index in [1.54, 1.807) is 14.2 Å². The van der Waals surface area contributed by atoms with Gasteiger partial charge in [0.25, 0.3) is 0 Å². The van der Waals surface area contributed by atoms with Crippen LogP contribution in [0.1, 0.15) is 0 Å². The van der Waals surface area contributed by atoms with Gasteiger partial charge in [0.1, 0.15) is 0 Å². The average Bonchev–Trinajstić information content (AvgIpc) is 1.86. The molecule has 0 atom stereocenters. The second kappa shape index (κ2) is 6.44. The van der Waals surface area contributed by atoms with Crippen molar-refractivity contribution in [3.63, 3.8) is 0 Å². The molecule has 0 amide bonds. The number of nitrogens with zero attached hydrogens (tertiary/aromatic N) is 1. The Balaban J connectivity index is 0. The minimum Gasteiger partial charge on any atom is -0.622 e. The molecule has 0 bridgehead atoms. The maximum Gasteiger partial charge on any atom is 1.00 e. The summed E-state index contributed by atoms with van der Waals surface area (Å²) in [5, 5.41) is 0. The van der Waals surface area contributed by atoms with Crippen LogP contribution in [0, 0.1) is 0 Å². The van der Waals surface area contributed by atoms with E-state index in [1.165, 1.54) is 0 Å². The molecule has 0 aliphatic rings. The fraction of sp³-hybridized carbons (Fsp3) is 1.00. The van der Waals surface area contributed by atoms with E-state index < -0.39 is 17.0 Å². The first kappa shape index (κ1) is 16.4. The van der Waals surface area contributed by atoms with Gasteiger partial charge in [0.2, 0.25) is 0 Å². The topological polar surface area (TPSA) is 32.6 Å². The summed E-state index contributed by atoms with van der Waals surface area (Å²) in [6, 6.07) is 0. The van der Waals surface area contributed by atoms with Gasteiger partial charge in [-0.3, -0.25) is 0 Å². The van der Waals surface area contributed by atoms with E-state index in [0.717, 1.165) is 0 Å². The first-order valence-corrected chi connectivity index (χ1v) is 9.38. The normalized spacial score (nSPS) is 12.5. The molecule has 3 nitrogen and oxygen atoms in total. The van der Waals surface area contributed by atoms with Crippen LogP contribution in [0.4, 0.5) is 0 Å². The van der Waals surface area contributed by atoms with Gasteiger partial charge in [0, 0.05) is 14.2 Å². The molecule has 0 unspecified atom stereocenters. The van der Waals surface area contributed by atoms with Gasteiger partial charge < -0.3 is 13.5 Å². The minimum atomic E-state index is -1.77. The van der Waals surface area contributed by atoms with Crippen LogP contribution in [0.3, 0.4) is 0 Å². The number of hydrogen-bond donors (Lipinski definition) is 0. The van der Waals surface area contributed by atoms with Crippen molar-refractivity contribution in [2.24, 2.45) is 0 Å². The summed E-state index contributed by atoms with van der Waals surface area (Å²) in [5.74, 6) is 0. The maximum absolute atomic E-state index is 5.30. The fourth-order valence-corrected chi connectivity index (χ4v) is 6.66. The van der Waals surface area contributed by atoms with Crippen LogP contribution < -0.4 is 51.4 Å². The van der Waals surface area contributed by atoms with E-state index in [0.29, 0.717) is 0 Å². The predicted molar refractivity (Wildman–Crippen MR) is 52.3 cm³/mol. The Labute approximate surface area is 120 Å². The number of rotatable bonds is 4. The Morgan fingerprint density at radius 3 is 1.25 bits per heavy atom.